The van der Waals surface area contributed by atoms with Crippen molar-refractivity contribution in [3.8, 4) is 0 Å². The van der Waals surface area contributed by atoms with Crippen molar-refractivity contribution in [2.75, 3.05) is 0 Å². The molecule has 0 fully saturated rings. The SMILES string of the molecule is CC(C)C(O)C(O)C(C)(C)O. The van der Waals surface area contributed by atoms with Crippen molar-refractivity contribution in [1.29, 1.82) is 0 Å². The van der Waals surface area contributed by atoms with Gasteiger partial charge in [-0.2, -0.15) is 0 Å². The van der Waals surface area contributed by atoms with Gasteiger partial charge < -0.3 is 15.3 Å². The Kier molecular flexibility index (Phi) is 3.48. The highest BCUT2D eigenvalue weighted by atomic mass is 16.4. The zero-order valence-electron chi connectivity index (χ0n) is 7.57. The van der Waals surface area contributed by atoms with Crippen LogP contribution in [0.25, 0.3) is 0 Å². The van der Waals surface area contributed by atoms with E-state index in [2.05, 4.69) is 0 Å². The Labute approximate surface area is 67.7 Å². The Morgan fingerprint density at radius 1 is 1.09 bits per heavy atom. The molecule has 0 aliphatic carbocycles. The normalized spacial score (nSPS) is 18.5. The van der Waals surface area contributed by atoms with E-state index in [0.717, 1.165) is 0 Å². The van der Waals surface area contributed by atoms with Gasteiger partial charge in [-0.25, -0.2) is 0 Å². The molecule has 0 aromatic heterocycles. The van der Waals surface area contributed by atoms with Gasteiger partial charge in [-0.15, -0.1) is 0 Å². The molecule has 0 aliphatic rings. The van der Waals surface area contributed by atoms with Gasteiger partial charge in [-0.05, 0) is 19.8 Å². The number of aliphatic hydroxyl groups excluding tert-OH is 2. The second-order valence-electron chi connectivity index (χ2n) is 3.83. The Morgan fingerprint density at radius 3 is 1.55 bits per heavy atom. The van der Waals surface area contributed by atoms with E-state index in [1.165, 1.54) is 13.8 Å². The minimum absolute atomic E-state index is 0.0450. The molecule has 3 heteroatoms. The summed E-state index contributed by atoms with van der Waals surface area (Å²) >= 11 is 0. The maximum absolute atomic E-state index is 9.32. The topological polar surface area (TPSA) is 60.7 Å². The molecule has 0 saturated carbocycles. The lowest BCUT2D eigenvalue weighted by Crippen LogP contribution is -2.46. The molecule has 0 spiro atoms. The van der Waals surface area contributed by atoms with Gasteiger partial charge in [0.1, 0.15) is 6.10 Å². The summed E-state index contributed by atoms with van der Waals surface area (Å²) in [6.45, 7) is 6.53. The lowest BCUT2D eigenvalue weighted by Gasteiger charge is -2.30. The van der Waals surface area contributed by atoms with E-state index >= 15 is 0 Å². The average Bonchev–Trinajstić information content (AvgIpc) is 1.82. The molecule has 3 N–H and O–H groups in total. The molecule has 0 aliphatic heterocycles. The molecule has 0 radical (unpaired) electrons. The molecule has 3 nitrogen and oxygen atoms in total. The van der Waals surface area contributed by atoms with Gasteiger partial charge in [0, 0.05) is 0 Å². The van der Waals surface area contributed by atoms with Crippen LogP contribution in [0.3, 0.4) is 0 Å². The highest BCUT2D eigenvalue weighted by Gasteiger charge is 2.32. The lowest BCUT2D eigenvalue weighted by molar-refractivity contribution is -0.118. The average molecular weight is 162 g/mol. The van der Waals surface area contributed by atoms with Crippen LogP contribution in [0.4, 0.5) is 0 Å². The highest BCUT2D eigenvalue weighted by molar-refractivity contribution is 4.83. The fraction of sp³-hybridized carbons (Fsp3) is 1.00. The standard InChI is InChI=1S/C8H18O3/c1-5(2)6(9)7(10)8(3,4)11/h5-7,9-11H,1-4H3. The minimum Gasteiger partial charge on any atom is -0.390 e. The molecule has 0 amide bonds. The first-order valence-electron chi connectivity index (χ1n) is 3.85. The van der Waals surface area contributed by atoms with E-state index in [-0.39, 0.29) is 5.92 Å². The van der Waals surface area contributed by atoms with Crippen LogP contribution < -0.4 is 0 Å². The summed E-state index contributed by atoms with van der Waals surface area (Å²) in [6.07, 6.45) is -1.95. The largest absolute Gasteiger partial charge is 0.390 e. The van der Waals surface area contributed by atoms with Gasteiger partial charge in [0.2, 0.25) is 0 Å². The van der Waals surface area contributed by atoms with Crippen molar-refractivity contribution < 1.29 is 15.3 Å². The van der Waals surface area contributed by atoms with Crippen molar-refractivity contribution in [2.45, 2.75) is 45.5 Å². The Bertz CT molecular complexity index is 115. The quantitative estimate of drug-likeness (QED) is 0.553. The predicted octanol–water partition coefficient (Wildman–Crippen LogP) is 0.135. The number of hydrogen-bond donors (Lipinski definition) is 3. The molecule has 0 aromatic carbocycles. The smallest absolute Gasteiger partial charge is 0.108 e. The van der Waals surface area contributed by atoms with Crippen molar-refractivity contribution >= 4 is 0 Å². The van der Waals surface area contributed by atoms with Crippen LogP contribution in [0.15, 0.2) is 0 Å². The number of rotatable bonds is 3. The first-order chi connectivity index (χ1) is 4.76. The zero-order valence-corrected chi connectivity index (χ0v) is 7.57. The Balaban J connectivity index is 4.13. The van der Waals surface area contributed by atoms with Crippen molar-refractivity contribution in [3.05, 3.63) is 0 Å². The second-order valence-corrected chi connectivity index (χ2v) is 3.83. The van der Waals surface area contributed by atoms with Crippen LogP contribution in [-0.4, -0.2) is 33.1 Å². The molecule has 11 heavy (non-hydrogen) atoms. The molecule has 2 atom stereocenters. The number of hydrogen-bond acceptors (Lipinski definition) is 3. The number of aliphatic hydroxyl groups is 3. The molecule has 0 heterocycles. The van der Waals surface area contributed by atoms with Crippen LogP contribution in [0, 0.1) is 5.92 Å². The summed E-state index contributed by atoms with van der Waals surface area (Å²) in [6, 6.07) is 0. The highest BCUT2D eigenvalue weighted by Crippen LogP contribution is 2.16. The summed E-state index contributed by atoms with van der Waals surface area (Å²) in [5.41, 5.74) is -1.23. The van der Waals surface area contributed by atoms with Crippen molar-refractivity contribution in [3.63, 3.8) is 0 Å². The third-order valence-corrected chi connectivity index (χ3v) is 1.73. The molecule has 0 bridgehead atoms. The van der Waals surface area contributed by atoms with E-state index in [9.17, 15) is 15.3 Å². The van der Waals surface area contributed by atoms with Crippen LogP contribution in [0.2, 0.25) is 0 Å². The monoisotopic (exact) mass is 162 g/mol. The minimum atomic E-state index is -1.23. The fourth-order valence-corrected chi connectivity index (χ4v) is 0.782. The van der Waals surface area contributed by atoms with E-state index in [4.69, 9.17) is 0 Å². The molecule has 0 saturated heterocycles. The first kappa shape index (κ1) is 10.9. The van der Waals surface area contributed by atoms with Gasteiger partial charge in [0.25, 0.3) is 0 Å². The summed E-state index contributed by atoms with van der Waals surface area (Å²) in [4.78, 5) is 0. The summed E-state index contributed by atoms with van der Waals surface area (Å²) < 4.78 is 0. The van der Waals surface area contributed by atoms with Crippen LogP contribution in [0.1, 0.15) is 27.7 Å². The molecule has 68 valence electrons. The maximum atomic E-state index is 9.32. The maximum Gasteiger partial charge on any atom is 0.108 e. The molecule has 2 unspecified atom stereocenters. The molecular formula is C8H18O3. The Hall–Kier alpha value is -0.120. The van der Waals surface area contributed by atoms with Gasteiger partial charge in [0.05, 0.1) is 11.7 Å². The second kappa shape index (κ2) is 3.52. The Morgan fingerprint density at radius 2 is 1.45 bits per heavy atom. The summed E-state index contributed by atoms with van der Waals surface area (Å²) in [5.74, 6) is -0.0450. The first-order valence-corrected chi connectivity index (χ1v) is 3.85. The third-order valence-electron chi connectivity index (χ3n) is 1.73. The lowest BCUT2D eigenvalue weighted by atomic mass is 9.91. The van der Waals surface area contributed by atoms with Gasteiger partial charge >= 0.3 is 0 Å². The van der Waals surface area contributed by atoms with Crippen molar-refractivity contribution in [2.24, 2.45) is 5.92 Å². The predicted molar refractivity (Wildman–Crippen MR) is 43.1 cm³/mol. The fourth-order valence-electron chi connectivity index (χ4n) is 0.782. The van der Waals surface area contributed by atoms with Gasteiger partial charge in [-0.1, -0.05) is 13.8 Å². The van der Waals surface area contributed by atoms with Crippen molar-refractivity contribution in [1.82, 2.24) is 0 Å². The molecular weight excluding hydrogens is 144 g/mol. The van der Waals surface area contributed by atoms with Crippen LogP contribution in [-0.2, 0) is 0 Å². The van der Waals surface area contributed by atoms with E-state index in [1.807, 2.05) is 0 Å². The third kappa shape index (κ3) is 3.18. The van der Waals surface area contributed by atoms with E-state index in [0.29, 0.717) is 0 Å². The van der Waals surface area contributed by atoms with Gasteiger partial charge in [-0.3, -0.25) is 0 Å². The van der Waals surface area contributed by atoms with E-state index < -0.39 is 17.8 Å². The van der Waals surface area contributed by atoms with Gasteiger partial charge in [0.15, 0.2) is 0 Å². The van der Waals surface area contributed by atoms with E-state index in [1.54, 1.807) is 13.8 Å². The summed E-state index contributed by atoms with van der Waals surface area (Å²) in [7, 11) is 0. The van der Waals surface area contributed by atoms with Crippen LogP contribution in [0.5, 0.6) is 0 Å². The summed E-state index contributed by atoms with van der Waals surface area (Å²) in [5, 5.41) is 27.9. The molecule has 0 rings (SSSR count). The van der Waals surface area contributed by atoms with Crippen LogP contribution >= 0.6 is 0 Å². The zero-order chi connectivity index (χ0) is 9.23. The molecule has 0 aromatic rings.